The van der Waals surface area contributed by atoms with Gasteiger partial charge in [-0.05, 0) is 19.8 Å². The molecule has 0 bridgehead atoms. The molecule has 0 spiro atoms. The van der Waals surface area contributed by atoms with Gasteiger partial charge in [-0.15, -0.1) is 0 Å². The topological polar surface area (TPSA) is 60.9 Å². The van der Waals surface area contributed by atoms with E-state index in [1.807, 2.05) is 14.0 Å². The predicted octanol–water partition coefficient (Wildman–Crippen LogP) is 1.18. The SMILES string of the molecule is Cc1nn(C)cc1C(=O)C1(N)CCCC1. The summed E-state index contributed by atoms with van der Waals surface area (Å²) in [4.78, 5) is 12.2. The maximum Gasteiger partial charge on any atom is 0.186 e. The van der Waals surface area contributed by atoms with Gasteiger partial charge in [-0.3, -0.25) is 9.48 Å². The van der Waals surface area contributed by atoms with Gasteiger partial charge in [0.15, 0.2) is 5.78 Å². The molecule has 15 heavy (non-hydrogen) atoms. The van der Waals surface area contributed by atoms with E-state index < -0.39 is 5.54 Å². The van der Waals surface area contributed by atoms with E-state index in [-0.39, 0.29) is 5.78 Å². The Labute approximate surface area is 89.5 Å². The van der Waals surface area contributed by atoms with Crippen LogP contribution in [0.1, 0.15) is 41.7 Å². The third-order valence-corrected chi connectivity index (χ3v) is 3.21. The zero-order chi connectivity index (χ0) is 11.1. The van der Waals surface area contributed by atoms with E-state index in [4.69, 9.17) is 5.73 Å². The Hall–Kier alpha value is -1.16. The van der Waals surface area contributed by atoms with E-state index in [0.717, 1.165) is 31.4 Å². The second-order valence-electron chi connectivity index (χ2n) is 4.49. The minimum atomic E-state index is -0.631. The zero-order valence-electron chi connectivity index (χ0n) is 9.29. The van der Waals surface area contributed by atoms with E-state index >= 15 is 0 Å². The van der Waals surface area contributed by atoms with Gasteiger partial charge in [0.2, 0.25) is 0 Å². The maximum absolute atomic E-state index is 12.2. The van der Waals surface area contributed by atoms with Crippen LogP contribution < -0.4 is 5.73 Å². The summed E-state index contributed by atoms with van der Waals surface area (Å²) < 4.78 is 1.67. The first-order chi connectivity index (χ1) is 7.03. The lowest BCUT2D eigenvalue weighted by atomic mass is 9.89. The monoisotopic (exact) mass is 207 g/mol. The number of carbonyl (C=O) groups excluding carboxylic acids is 1. The highest BCUT2D eigenvalue weighted by atomic mass is 16.1. The van der Waals surface area contributed by atoms with Crippen molar-refractivity contribution in [2.45, 2.75) is 38.1 Å². The van der Waals surface area contributed by atoms with Crippen LogP contribution in [-0.2, 0) is 7.05 Å². The minimum Gasteiger partial charge on any atom is -0.319 e. The van der Waals surface area contributed by atoms with Gasteiger partial charge in [0.05, 0.1) is 16.8 Å². The van der Waals surface area contributed by atoms with E-state index in [1.165, 1.54) is 0 Å². The first-order valence-corrected chi connectivity index (χ1v) is 5.37. The summed E-state index contributed by atoms with van der Waals surface area (Å²) in [7, 11) is 1.82. The van der Waals surface area contributed by atoms with Crippen LogP contribution in [0.4, 0.5) is 0 Å². The highest BCUT2D eigenvalue weighted by Crippen LogP contribution is 2.30. The molecule has 0 radical (unpaired) electrons. The average Bonchev–Trinajstić information content (AvgIpc) is 2.73. The fourth-order valence-electron chi connectivity index (χ4n) is 2.32. The largest absolute Gasteiger partial charge is 0.319 e. The third-order valence-electron chi connectivity index (χ3n) is 3.21. The molecule has 4 nitrogen and oxygen atoms in total. The summed E-state index contributed by atoms with van der Waals surface area (Å²) in [5.74, 6) is 0.0607. The predicted molar refractivity (Wildman–Crippen MR) is 57.7 cm³/mol. The van der Waals surface area contributed by atoms with Gasteiger partial charge >= 0.3 is 0 Å². The molecule has 2 N–H and O–H groups in total. The normalized spacial score (nSPS) is 19.4. The Morgan fingerprint density at radius 1 is 1.53 bits per heavy atom. The smallest absolute Gasteiger partial charge is 0.186 e. The number of nitrogens with two attached hydrogens (primary N) is 1. The second-order valence-corrected chi connectivity index (χ2v) is 4.49. The Kier molecular flexibility index (Phi) is 2.38. The quantitative estimate of drug-likeness (QED) is 0.741. The van der Waals surface area contributed by atoms with Crippen LogP contribution in [0.5, 0.6) is 0 Å². The van der Waals surface area contributed by atoms with Crippen molar-refractivity contribution in [2.75, 3.05) is 0 Å². The summed E-state index contributed by atoms with van der Waals surface area (Å²) >= 11 is 0. The van der Waals surface area contributed by atoms with E-state index in [9.17, 15) is 4.79 Å². The van der Waals surface area contributed by atoms with Gasteiger partial charge < -0.3 is 5.73 Å². The second kappa shape index (κ2) is 3.45. The van der Waals surface area contributed by atoms with Crippen molar-refractivity contribution in [1.29, 1.82) is 0 Å². The van der Waals surface area contributed by atoms with Crippen LogP contribution in [0, 0.1) is 6.92 Å². The summed E-state index contributed by atoms with van der Waals surface area (Å²) in [5, 5.41) is 4.17. The molecule has 1 aromatic rings. The first kappa shape index (κ1) is 10.4. The number of hydrogen-bond donors (Lipinski definition) is 1. The number of carbonyl (C=O) groups is 1. The number of hydrogen-bond acceptors (Lipinski definition) is 3. The number of rotatable bonds is 2. The van der Waals surface area contributed by atoms with Crippen molar-refractivity contribution in [3.05, 3.63) is 17.5 Å². The molecule has 1 aliphatic rings. The molecule has 0 atom stereocenters. The lowest BCUT2D eigenvalue weighted by Crippen LogP contribution is -2.45. The van der Waals surface area contributed by atoms with Crippen LogP contribution in [0.2, 0.25) is 0 Å². The summed E-state index contributed by atoms with van der Waals surface area (Å²) in [6, 6.07) is 0. The van der Waals surface area contributed by atoms with Gasteiger partial charge in [0, 0.05) is 13.2 Å². The van der Waals surface area contributed by atoms with Crippen LogP contribution in [0.3, 0.4) is 0 Å². The van der Waals surface area contributed by atoms with Crippen molar-refractivity contribution in [3.63, 3.8) is 0 Å². The fraction of sp³-hybridized carbons (Fsp3) is 0.636. The van der Waals surface area contributed by atoms with Crippen molar-refractivity contribution in [2.24, 2.45) is 12.8 Å². The van der Waals surface area contributed by atoms with Crippen molar-refractivity contribution in [3.8, 4) is 0 Å². The maximum atomic E-state index is 12.2. The number of Topliss-reactive ketones (excluding diaryl/α,β-unsaturated/α-hetero) is 1. The van der Waals surface area contributed by atoms with Gasteiger partial charge in [-0.1, -0.05) is 12.8 Å². The molecule has 0 unspecified atom stereocenters. The average molecular weight is 207 g/mol. The highest BCUT2D eigenvalue weighted by Gasteiger charge is 2.38. The molecule has 0 saturated heterocycles. The number of aromatic nitrogens is 2. The van der Waals surface area contributed by atoms with E-state index in [0.29, 0.717) is 5.56 Å². The van der Waals surface area contributed by atoms with Crippen molar-refractivity contribution >= 4 is 5.78 Å². The number of nitrogens with zero attached hydrogens (tertiary/aromatic N) is 2. The molecular weight excluding hydrogens is 190 g/mol. The molecule has 0 aliphatic heterocycles. The van der Waals surface area contributed by atoms with Gasteiger partial charge in [0.25, 0.3) is 0 Å². The minimum absolute atomic E-state index is 0.0607. The van der Waals surface area contributed by atoms with Crippen LogP contribution >= 0.6 is 0 Å². The summed E-state index contributed by atoms with van der Waals surface area (Å²) in [6.07, 6.45) is 5.49. The van der Waals surface area contributed by atoms with Gasteiger partial charge in [0.1, 0.15) is 0 Å². The molecule has 0 aromatic carbocycles. The number of aryl methyl sites for hydroxylation is 2. The summed E-state index contributed by atoms with van der Waals surface area (Å²) in [5.41, 5.74) is 6.95. The highest BCUT2D eigenvalue weighted by molar-refractivity contribution is 6.03. The lowest BCUT2D eigenvalue weighted by Gasteiger charge is -2.20. The van der Waals surface area contributed by atoms with Crippen LogP contribution in [-0.4, -0.2) is 21.1 Å². The Morgan fingerprint density at radius 2 is 2.13 bits per heavy atom. The molecule has 2 rings (SSSR count). The molecule has 1 aliphatic carbocycles. The number of ketones is 1. The lowest BCUT2D eigenvalue weighted by molar-refractivity contribution is 0.0891. The van der Waals surface area contributed by atoms with E-state index in [1.54, 1.807) is 10.9 Å². The molecule has 1 fully saturated rings. The van der Waals surface area contributed by atoms with Gasteiger partial charge in [-0.25, -0.2) is 0 Å². The Bertz CT molecular complexity index is 389. The molecule has 82 valence electrons. The molecule has 1 aromatic heterocycles. The zero-order valence-corrected chi connectivity index (χ0v) is 9.29. The van der Waals surface area contributed by atoms with Crippen LogP contribution in [0.25, 0.3) is 0 Å². The molecule has 1 heterocycles. The van der Waals surface area contributed by atoms with E-state index in [2.05, 4.69) is 5.10 Å². The standard InChI is InChI=1S/C11H17N3O/c1-8-9(7-14(2)13-8)10(15)11(12)5-3-4-6-11/h7H,3-6,12H2,1-2H3. The Morgan fingerprint density at radius 3 is 2.60 bits per heavy atom. The third kappa shape index (κ3) is 1.69. The first-order valence-electron chi connectivity index (χ1n) is 5.37. The fourth-order valence-corrected chi connectivity index (χ4v) is 2.32. The molecule has 1 saturated carbocycles. The van der Waals surface area contributed by atoms with Crippen LogP contribution in [0.15, 0.2) is 6.20 Å². The molecule has 0 amide bonds. The Balaban J connectivity index is 2.31. The van der Waals surface area contributed by atoms with Crippen molar-refractivity contribution < 1.29 is 4.79 Å². The van der Waals surface area contributed by atoms with Gasteiger partial charge in [-0.2, -0.15) is 5.10 Å². The van der Waals surface area contributed by atoms with Crippen molar-refractivity contribution in [1.82, 2.24) is 9.78 Å². The molecular formula is C11H17N3O. The summed E-state index contributed by atoms with van der Waals surface area (Å²) in [6.45, 7) is 1.85. The molecule has 4 heteroatoms.